The van der Waals surface area contributed by atoms with Gasteiger partial charge >= 0.3 is 0 Å². The van der Waals surface area contributed by atoms with Crippen LogP contribution in [0.4, 0.5) is 0 Å². The first-order valence-corrected chi connectivity index (χ1v) is 8.12. The van der Waals surface area contributed by atoms with Crippen molar-refractivity contribution in [2.45, 2.75) is 26.6 Å². The average molecular weight is 340 g/mol. The van der Waals surface area contributed by atoms with Crippen LogP contribution in [0, 0.1) is 6.92 Å². The molecule has 0 aromatic heterocycles. The maximum atomic E-state index is 12.0. The third-order valence-corrected chi connectivity index (χ3v) is 3.95. The lowest BCUT2D eigenvalue weighted by Gasteiger charge is -2.17. The average Bonchev–Trinajstić information content (AvgIpc) is 2.63. The fraction of sp³-hybridized carbons (Fsp3) is 0.300. The minimum absolute atomic E-state index is 0.200. The first-order chi connectivity index (χ1) is 12.1. The summed E-state index contributed by atoms with van der Waals surface area (Å²) in [5.74, 6) is -0.200. The standard InChI is InChI=1S/C20H24N2O3/c1-14-9-11-16(12-10-14)15(2)22-25-13-17-7-5-6-8-18(17)19(24-4)20(23)21-3/h5-12,19H,13H2,1-4H3,(H,21,23)/b22-15+. The van der Waals surface area contributed by atoms with E-state index in [4.69, 9.17) is 9.57 Å². The number of oxime groups is 1. The van der Waals surface area contributed by atoms with Gasteiger partial charge in [-0.2, -0.15) is 0 Å². The topological polar surface area (TPSA) is 59.9 Å². The van der Waals surface area contributed by atoms with E-state index in [9.17, 15) is 4.79 Å². The molecule has 5 nitrogen and oxygen atoms in total. The summed E-state index contributed by atoms with van der Waals surface area (Å²) in [6.45, 7) is 4.21. The highest BCUT2D eigenvalue weighted by molar-refractivity contribution is 5.98. The van der Waals surface area contributed by atoms with E-state index in [1.165, 1.54) is 12.7 Å². The predicted molar refractivity (Wildman–Crippen MR) is 98.4 cm³/mol. The number of hydrogen-bond donors (Lipinski definition) is 1. The number of rotatable bonds is 7. The van der Waals surface area contributed by atoms with E-state index in [1.54, 1.807) is 7.05 Å². The summed E-state index contributed by atoms with van der Waals surface area (Å²) in [4.78, 5) is 17.5. The number of carbonyl (C=O) groups is 1. The first-order valence-electron chi connectivity index (χ1n) is 8.12. The van der Waals surface area contributed by atoms with E-state index < -0.39 is 6.10 Å². The largest absolute Gasteiger partial charge is 0.391 e. The lowest BCUT2D eigenvalue weighted by atomic mass is 10.0. The van der Waals surface area contributed by atoms with Crippen molar-refractivity contribution in [3.05, 3.63) is 70.8 Å². The summed E-state index contributed by atoms with van der Waals surface area (Å²) < 4.78 is 5.33. The fourth-order valence-electron chi connectivity index (χ4n) is 2.47. The minimum Gasteiger partial charge on any atom is -0.391 e. The maximum absolute atomic E-state index is 12.0. The number of hydrogen-bond acceptors (Lipinski definition) is 4. The molecule has 2 rings (SSSR count). The predicted octanol–water partition coefficient (Wildman–Crippen LogP) is 3.37. The third kappa shape index (κ3) is 4.90. The molecule has 132 valence electrons. The van der Waals surface area contributed by atoms with Crippen LogP contribution in [-0.2, 0) is 21.0 Å². The van der Waals surface area contributed by atoms with Crippen molar-refractivity contribution >= 4 is 11.6 Å². The smallest absolute Gasteiger partial charge is 0.253 e. The van der Waals surface area contributed by atoms with Gasteiger partial charge in [0.2, 0.25) is 0 Å². The van der Waals surface area contributed by atoms with Gasteiger partial charge in [0.25, 0.3) is 5.91 Å². The van der Waals surface area contributed by atoms with Gasteiger partial charge in [0.1, 0.15) is 6.61 Å². The Hall–Kier alpha value is -2.66. The van der Waals surface area contributed by atoms with Crippen LogP contribution in [0.5, 0.6) is 0 Å². The molecule has 2 aromatic rings. The number of amides is 1. The monoisotopic (exact) mass is 340 g/mol. The Morgan fingerprint density at radius 1 is 1.16 bits per heavy atom. The highest BCUT2D eigenvalue weighted by Gasteiger charge is 2.21. The SMILES string of the molecule is CNC(=O)C(OC)c1ccccc1CO/N=C(\C)c1ccc(C)cc1. The second-order valence-electron chi connectivity index (χ2n) is 5.74. The molecule has 0 radical (unpaired) electrons. The second-order valence-corrected chi connectivity index (χ2v) is 5.74. The Morgan fingerprint density at radius 3 is 2.48 bits per heavy atom. The van der Waals surface area contributed by atoms with Gasteiger partial charge in [-0.3, -0.25) is 4.79 Å². The molecule has 1 atom stereocenters. The van der Waals surface area contributed by atoms with E-state index in [-0.39, 0.29) is 12.5 Å². The minimum atomic E-state index is -0.674. The number of benzene rings is 2. The van der Waals surface area contributed by atoms with Gasteiger partial charge in [-0.25, -0.2) is 0 Å². The molecule has 0 saturated carbocycles. The maximum Gasteiger partial charge on any atom is 0.253 e. The molecule has 1 unspecified atom stereocenters. The summed E-state index contributed by atoms with van der Waals surface area (Å²) >= 11 is 0. The number of methoxy groups -OCH3 is 1. The number of carbonyl (C=O) groups excluding carboxylic acids is 1. The molecule has 0 fully saturated rings. The van der Waals surface area contributed by atoms with Crippen LogP contribution in [0.1, 0.15) is 35.3 Å². The van der Waals surface area contributed by atoms with E-state index >= 15 is 0 Å². The molecular weight excluding hydrogens is 316 g/mol. The summed E-state index contributed by atoms with van der Waals surface area (Å²) in [6.07, 6.45) is -0.674. The molecule has 1 amide bonds. The quantitative estimate of drug-likeness (QED) is 0.621. The lowest BCUT2D eigenvalue weighted by molar-refractivity contribution is -0.130. The van der Waals surface area contributed by atoms with Crippen molar-refractivity contribution in [2.24, 2.45) is 5.16 Å². The van der Waals surface area contributed by atoms with Gasteiger partial charge in [0.15, 0.2) is 6.10 Å². The third-order valence-electron chi connectivity index (χ3n) is 3.95. The molecule has 1 N–H and O–H groups in total. The van der Waals surface area contributed by atoms with Gasteiger partial charge in [-0.05, 0) is 30.5 Å². The van der Waals surface area contributed by atoms with Crippen molar-refractivity contribution in [2.75, 3.05) is 14.2 Å². The number of nitrogens with one attached hydrogen (secondary N) is 1. The molecule has 0 spiro atoms. The van der Waals surface area contributed by atoms with Crippen molar-refractivity contribution in [1.29, 1.82) is 0 Å². The zero-order valence-corrected chi connectivity index (χ0v) is 15.1. The van der Waals surface area contributed by atoms with Crippen LogP contribution in [0.15, 0.2) is 53.7 Å². The van der Waals surface area contributed by atoms with Crippen LogP contribution in [-0.4, -0.2) is 25.8 Å². The molecule has 0 aliphatic heterocycles. The van der Waals surface area contributed by atoms with Gasteiger partial charge in [-0.15, -0.1) is 0 Å². The van der Waals surface area contributed by atoms with Crippen LogP contribution in [0.3, 0.4) is 0 Å². The molecule has 0 saturated heterocycles. The van der Waals surface area contributed by atoms with Crippen molar-refractivity contribution in [3.63, 3.8) is 0 Å². The summed E-state index contributed by atoms with van der Waals surface area (Å²) in [6, 6.07) is 15.6. The molecule has 2 aromatic carbocycles. The zero-order valence-electron chi connectivity index (χ0n) is 15.1. The van der Waals surface area contributed by atoms with Crippen molar-refractivity contribution in [1.82, 2.24) is 5.32 Å². The lowest BCUT2D eigenvalue weighted by Crippen LogP contribution is -2.27. The second kappa shape index (κ2) is 8.99. The Kier molecular flexibility index (Phi) is 6.71. The molecule has 0 aliphatic rings. The number of aryl methyl sites for hydroxylation is 1. The number of ether oxygens (including phenoxy) is 1. The zero-order chi connectivity index (χ0) is 18.2. The molecule has 0 aliphatic carbocycles. The Morgan fingerprint density at radius 2 is 1.84 bits per heavy atom. The number of nitrogens with zero attached hydrogens (tertiary/aromatic N) is 1. The van der Waals surface area contributed by atoms with Crippen molar-refractivity contribution < 1.29 is 14.4 Å². The van der Waals surface area contributed by atoms with Gasteiger partial charge in [-0.1, -0.05) is 59.3 Å². The summed E-state index contributed by atoms with van der Waals surface area (Å²) in [5.41, 5.74) is 4.64. The molecule has 0 bridgehead atoms. The van der Waals surface area contributed by atoms with E-state index in [1.807, 2.05) is 62.4 Å². The van der Waals surface area contributed by atoms with Crippen LogP contribution in [0.25, 0.3) is 0 Å². The van der Waals surface area contributed by atoms with Crippen molar-refractivity contribution in [3.8, 4) is 0 Å². The highest BCUT2D eigenvalue weighted by atomic mass is 16.6. The summed E-state index contributed by atoms with van der Waals surface area (Å²) in [7, 11) is 3.10. The Labute approximate surface area is 148 Å². The molecular formula is C20H24N2O3. The highest BCUT2D eigenvalue weighted by Crippen LogP contribution is 2.22. The van der Waals surface area contributed by atoms with E-state index in [0.717, 1.165) is 22.4 Å². The molecule has 0 heterocycles. The fourth-order valence-corrected chi connectivity index (χ4v) is 2.47. The summed E-state index contributed by atoms with van der Waals surface area (Å²) in [5, 5.41) is 6.80. The van der Waals surface area contributed by atoms with Crippen LogP contribution >= 0.6 is 0 Å². The van der Waals surface area contributed by atoms with E-state index in [0.29, 0.717) is 0 Å². The normalized spacial score (nSPS) is 12.6. The van der Waals surface area contributed by atoms with Crippen LogP contribution < -0.4 is 5.32 Å². The Balaban J connectivity index is 2.12. The van der Waals surface area contributed by atoms with Gasteiger partial charge < -0.3 is 14.9 Å². The first kappa shape index (κ1) is 18.7. The Bertz CT molecular complexity index is 739. The van der Waals surface area contributed by atoms with E-state index in [2.05, 4.69) is 10.5 Å². The number of likely N-dealkylation sites (N-methyl/N-ethyl adjacent to an activating group) is 1. The van der Waals surface area contributed by atoms with Gasteiger partial charge in [0.05, 0.1) is 5.71 Å². The van der Waals surface area contributed by atoms with Gasteiger partial charge in [0, 0.05) is 14.2 Å². The van der Waals surface area contributed by atoms with Crippen LogP contribution in [0.2, 0.25) is 0 Å². The molecule has 25 heavy (non-hydrogen) atoms. The molecule has 5 heteroatoms.